The van der Waals surface area contributed by atoms with Gasteiger partial charge < -0.3 is 10.4 Å². The van der Waals surface area contributed by atoms with Gasteiger partial charge in [0.2, 0.25) is 5.91 Å². The number of amides is 1. The van der Waals surface area contributed by atoms with E-state index in [1.54, 1.807) is 0 Å². The van der Waals surface area contributed by atoms with Crippen LogP contribution in [0.3, 0.4) is 0 Å². The maximum atomic E-state index is 12.2. The van der Waals surface area contributed by atoms with Gasteiger partial charge in [-0.15, -0.1) is 0 Å². The van der Waals surface area contributed by atoms with E-state index in [9.17, 15) is 9.90 Å². The highest BCUT2D eigenvalue weighted by molar-refractivity contribution is 5.78. The van der Waals surface area contributed by atoms with Crippen molar-refractivity contribution in [1.29, 1.82) is 0 Å². The lowest BCUT2D eigenvalue weighted by atomic mass is 9.84. The lowest BCUT2D eigenvalue weighted by Crippen LogP contribution is -2.47. The Morgan fingerprint density at radius 2 is 2.20 bits per heavy atom. The van der Waals surface area contributed by atoms with E-state index in [1.165, 1.54) is 25.7 Å². The first-order valence-corrected chi connectivity index (χ1v) is 8.31. The number of β-amino-alcohol motifs (C(OH)–C–C–N with tert-alkyl or cyclic N) is 1. The first-order valence-electron chi connectivity index (χ1n) is 8.31. The second-order valence-electron chi connectivity index (χ2n) is 7.23. The molecule has 4 heteroatoms. The van der Waals surface area contributed by atoms with Gasteiger partial charge in [0, 0.05) is 12.6 Å². The molecular weight excluding hydrogens is 252 g/mol. The van der Waals surface area contributed by atoms with Crippen LogP contribution in [0.1, 0.15) is 45.4 Å². The summed E-state index contributed by atoms with van der Waals surface area (Å²) in [4.78, 5) is 14.2. The van der Waals surface area contributed by atoms with E-state index in [4.69, 9.17) is 0 Å². The van der Waals surface area contributed by atoms with E-state index in [-0.39, 0.29) is 12.0 Å². The van der Waals surface area contributed by atoms with Crippen LogP contribution in [0.2, 0.25) is 0 Å². The fourth-order valence-electron chi connectivity index (χ4n) is 4.69. The lowest BCUT2D eigenvalue weighted by molar-refractivity contribution is -0.124. The topological polar surface area (TPSA) is 52.6 Å². The van der Waals surface area contributed by atoms with Gasteiger partial charge in [0.05, 0.1) is 12.6 Å². The Morgan fingerprint density at radius 3 is 2.85 bits per heavy atom. The van der Waals surface area contributed by atoms with Gasteiger partial charge in [-0.05, 0) is 63.3 Å². The second kappa shape index (κ2) is 6.02. The van der Waals surface area contributed by atoms with Crippen LogP contribution in [0.15, 0.2) is 0 Å². The Balaban J connectivity index is 1.44. The highest BCUT2D eigenvalue weighted by Gasteiger charge is 2.42. The molecule has 3 aliphatic rings. The summed E-state index contributed by atoms with van der Waals surface area (Å²) < 4.78 is 0. The van der Waals surface area contributed by atoms with Crippen LogP contribution in [0.4, 0.5) is 0 Å². The van der Waals surface area contributed by atoms with Crippen LogP contribution < -0.4 is 5.32 Å². The van der Waals surface area contributed by atoms with Crippen molar-refractivity contribution in [3.8, 4) is 0 Å². The minimum absolute atomic E-state index is 0.134. The van der Waals surface area contributed by atoms with Crippen LogP contribution >= 0.6 is 0 Å². The molecule has 1 saturated heterocycles. The molecule has 2 bridgehead atoms. The molecule has 114 valence electrons. The summed E-state index contributed by atoms with van der Waals surface area (Å²) in [7, 11) is 0. The number of carbonyl (C=O) groups is 1. The third-order valence-corrected chi connectivity index (χ3v) is 5.67. The predicted molar refractivity (Wildman–Crippen MR) is 78.2 cm³/mol. The van der Waals surface area contributed by atoms with Crippen LogP contribution in [0, 0.1) is 17.8 Å². The molecule has 5 atom stereocenters. The van der Waals surface area contributed by atoms with Gasteiger partial charge in [-0.3, -0.25) is 9.69 Å². The molecule has 1 aliphatic heterocycles. The Labute approximate surface area is 121 Å². The standard InChI is InChI=1S/C16H28N2O2/c1-11(15-8-12-4-5-13(15)7-12)17-16(20)10-18-6-2-3-14(19)9-18/h11-15,19H,2-10H2,1H3,(H,17,20). The van der Waals surface area contributed by atoms with Crippen molar-refractivity contribution in [1.82, 2.24) is 10.2 Å². The molecule has 0 radical (unpaired) electrons. The number of aliphatic hydroxyl groups excluding tert-OH is 1. The Morgan fingerprint density at radius 1 is 1.35 bits per heavy atom. The largest absolute Gasteiger partial charge is 0.392 e. The van der Waals surface area contributed by atoms with E-state index in [0.717, 1.165) is 31.2 Å². The monoisotopic (exact) mass is 280 g/mol. The maximum Gasteiger partial charge on any atom is 0.234 e. The van der Waals surface area contributed by atoms with Crippen molar-refractivity contribution in [2.45, 2.75) is 57.6 Å². The highest BCUT2D eigenvalue weighted by Crippen LogP contribution is 2.49. The van der Waals surface area contributed by atoms with Crippen LogP contribution in [0.5, 0.6) is 0 Å². The molecule has 3 fully saturated rings. The van der Waals surface area contributed by atoms with Crippen LogP contribution in [-0.2, 0) is 4.79 Å². The average Bonchev–Trinajstić information content (AvgIpc) is 3.00. The quantitative estimate of drug-likeness (QED) is 0.818. The molecule has 0 aromatic rings. The molecule has 2 N–H and O–H groups in total. The lowest BCUT2D eigenvalue weighted by Gasteiger charge is -2.31. The summed E-state index contributed by atoms with van der Waals surface area (Å²) in [6.45, 7) is 4.21. The number of likely N-dealkylation sites (tertiary alicyclic amines) is 1. The minimum atomic E-state index is -0.250. The molecule has 2 saturated carbocycles. The van der Waals surface area contributed by atoms with Crippen molar-refractivity contribution >= 4 is 5.91 Å². The SMILES string of the molecule is CC(NC(=O)CN1CCCC(O)C1)C1CC2CCC1C2. The van der Waals surface area contributed by atoms with Crippen molar-refractivity contribution in [2.75, 3.05) is 19.6 Å². The fourth-order valence-corrected chi connectivity index (χ4v) is 4.69. The van der Waals surface area contributed by atoms with Gasteiger partial charge in [0.1, 0.15) is 0 Å². The summed E-state index contributed by atoms with van der Waals surface area (Å²) in [5.74, 6) is 2.62. The smallest absolute Gasteiger partial charge is 0.234 e. The number of fused-ring (bicyclic) bond motifs is 2. The van der Waals surface area contributed by atoms with E-state index < -0.39 is 0 Å². The summed E-state index contributed by atoms with van der Waals surface area (Å²) in [5, 5.41) is 12.9. The zero-order valence-electron chi connectivity index (χ0n) is 12.6. The van der Waals surface area contributed by atoms with E-state index >= 15 is 0 Å². The zero-order chi connectivity index (χ0) is 14.1. The van der Waals surface area contributed by atoms with Crippen molar-refractivity contribution in [3.63, 3.8) is 0 Å². The molecule has 20 heavy (non-hydrogen) atoms. The van der Waals surface area contributed by atoms with E-state index in [2.05, 4.69) is 17.1 Å². The molecule has 3 rings (SSSR count). The van der Waals surface area contributed by atoms with Crippen molar-refractivity contribution in [3.05, 3.63) is 0 Å². The number of carbonyl (C=O) groups excluding carboxylic acids is 1. The number of aliphatic hydroxyl groups is 1. The van der Waals surface area contributed by atoms with Gasteiger partial charge in [-0.1, -0.05) is 6.42 Å². The minimum Gasteiger partial charge on any atom is -0.392 e. The zero-order valence-corrected chi connectivity index (χ0v) is 12.6. The maximum absolute atomic E-state index is 12.2. The fraction of sp³-hybridized carbons (Fsp3) is 0.938. The Bertz CT molecular complexity index is 360. The molecule has 5 unspecified atom stereocenters. The van der Waals surface area contributed by atoms with Crippen LogP contribution in [0.25, 0.3) is 0 Å². The van der Waals surface area contributed by atoms with E-state index in [1.807, 2.05) is 0 Å². The normalized spacial score (nSPS) is 38.9. The molecule has 2 aliphatic carbocycles. The van der Waals surface area contributed by atoms with Gasteiger partial charge in [0.15, 0.2) is 0 Å². The Hall–Kier alpha value is -0.610. The number of nitrogens with one attached hydrogen (secondary N) is 1. The summed E-state index contributed by atoms with van der Waals surface area (Å²) in [6, 6.07) is 0.313. The van der Waals surface area contributed by atoms with Gasteiger partial charge in [-0.25, -0.2) is 0 Å². The molecule has 0 aromatic heterocycles. The third kappa shape index (κ3) is 3.17. The molecule has 4 nitrogen and oxygen atoms in total. The predicted octanol–water partition coefficient (Wildman–Crippen LogP) is 1.38. The molecule has 0 aromatic carbocycles. The summed E-state index contributed by atoms with van der Waals surface area (Å²) in [6.07, 6.45) is 7.11. The third-order valence-electron chi connectivity index (χ3n) is 5.67. The van der Waals surface area contributed by atoms with Crippen molar-refractivity contribution in [2.24, 2.45) is 17.8 Å². The second-order valence-corrected chi connectivity index (χ2v) is 7.23. The first-order chi connectivity index (χ1) is 9.61. The highest BCUT2D eigenvalue weighted by atomic mass is 16.3. The number of piperidine rings is 1. The molecule has 1 amide bonds. The van der Waals surface area contributed by atoms with E-state index in [0.29, 0.717) is 25.0 Å². The first kappa shape index (κ1) is 14.3. The van der Waals surface area contributed by atoms with Crippen LogP contribution in [-0.4, -0.2) is 47.7 Å². The summed E-state index contributed by atoms with van der Waals surface area (Å²) >= 11 is 0. The molecule has 0 spiro atoms. The number of hydrogen-bond donors (Lipinski definition) is 2. The van der Waals surface area contributed by atoms with Crippen molar-refractivity contribution < 1.29 is 9.90 Å². The molecule has 1 heterocycles. The average molecular weight is 280 g/mol. The van der Waals surface area contributed by atoms with Gasteiger partial charge in [0.25, 0.3) is 0 Å². The number of rotatable bonds is 4. The van der Waals surface area contributed by atoms with Gasteiger partial charge in [-0.2, -0.15) is 0 Å². The number of hydrogen-bond acceptors (Lipinski definition) is 3. The van der Waals surface area contributed by atoms with Gasteiger partial charge >= 0.3 is 0 Å². The Kier molecular flexibility index (Phi) is 4.32. The molecular formula is C16H28N2O2. The summed E-state index contributed by atoms with van der Waals surface area (Å²) in [5.41, 5.74) is 0. The number of nitrogens with zero attached hydrogens (tertiary/aromatic N) is 1.